The van der Waals surface area contributed by atoms with E-state index in [1.54, 1.807) is 0 Å². The molecule has 3 heteroatoms. The van der Waals surface area contributed by atoms with E-state index in [2.05, 4.69) is 5.32 Å². The lowest BCUT2D eigenvalue weighted by Gasteiger charge is -2.04. The fourth-order valence-electron chi connectivity index (χ4n) is 1.75. The highest BCUT2D eigenvalue weighted by Gasteiger charge is 1.99. The predicted octanol–water partition coefficient (Wildman–Crippen LogP) is 2.37. The van der Waals surface area contributed by atoms with Crippen LogP contribution in [0.5, 0.6) is 0 Å². The molecule has 1 heterocycles. The number of aliphatic hydroxyl groups is 1. The van der Waals surface area contributed by atoms with Gasteiger partial charge in [-0.15, -0.1) is 0 Å². The van der Waals surface area contributed by atoms with Crippen LogP contribution < -0.4 is 5.32 Å². The molecule has 3 nitrogen and oxygen atoms in total. The smallest absolute Gasteiger partial charge is 0.117 e. The highest BCUT2D eigenvalue weighted by Crippen LogP contribution is 2.07. The first-order valence-corrected chi connectivity index (χ1v) is 5.72. The van der Waals surface area contributed by atoms with Crippen LogP contribution in [-0.4, -0.2) is 5.11 Å². The van der Waals surface area contributed by atoms with Gasteiger partial charge in [0.1, 0.15) is 11.5 Å². The zero-order valence-electron chi connectivity index (χ0n) is 9.94. The molecule has 1 aromatic heterocycles. The van der Waals surface area contributed by atoms with E-state index in [9.17, 15) is 0 Å². The van der Waals surface area contributed by atoms with E-state index in [-0.39, 0.29) is 6.61 Å². The summed E-state index contributed by atoms with van der Waals surface area (Å²) in [5, 5.41) is 12.3. The molecule has 0 bridgehead atoms. The molecular formula is C14H17NO2. The van der Waals surface area contributed by atoms with Crippen molar-refractivity contribution in [1.82, 2.24) is 5.32 Å². The van der Waals surface area contributed by atoms with Crippen LogP contribution in [0.4, 0.5) is 0 Å². The van der Waals surface area contributed by atoms with Gasteiger partial charge in [0, 0.05) is 6.54 Å². The standard InChI is InChI=1S/C14H17NO2/c1-11-5-6-14(17-11)9-15-8-12-3-2-4-13(7-12)10-16/h2-7,15-16H,8-10H2,1H3. The second-order valence-electron chi connectivity index (χ2n) is 4.09. The third-order valence-corrected chi connectivity index (χ3v) is 2.60. The molecule has 1 aromatic carbocycles. The maximum atomic E-state index is 9.03. The predicted molar refractivity (Wildman–Crippen MR) is 66.4 cm³/mol. The number of hydrogen-bond donors (Lipinski definition) is 2. The van der Waals surface area contributed by atoms with Crippen molar-refractivity contribution in [2.45, 2.75) is 26.6 Å². The summed E-state index contributed by atoms with van der Waals surface area (Å²) >= 11 is 0. The summed E-state index contributed by atoms with van der Waals surface area (Å²) in [6.45, 7) is 3.52. The lowest BCUT2D eigenvalue weighted by molar-refractivity contribution is 0.281. The van der Waals surface area contributed by atoms with Crippen LogP contribution in [0, 0.1) is 6.92 Å². The molecule has 0 unspecified atom stereocenters. The van der Waals surface area contributed by atoms with Crippen LogP contribution in [-0.2, 0) is 19.7 Å². The fourth-order valence-corrected chi connectivity index (χ4v) is 1.75. The first kappa shape index (κ1) is 11.9. The SMILES string of the molecule is Cc1ccc(CNCc2cccc(CO)c2)o1. The number of aliphatic hydroxyl groups excluding tert-OH is 1. The molecule has 2 aromatic rings. The zero-order valence-corrected chi connectivity index (χ0v) is 9.94. The zero-order chi connectivity index (χ0) is 12.1. The summed E-state index contributed by atoms with van der Waals surface area (Å²) in [6.07, 6.45) is 0. The summed E-state index contributed by atoms with van der Waals surface area (Å²) in [7, 11) is 0. The van der Waals surface area contributed by atoms with E-state index in [4.69, 9.17) is 9.52 Å². The Hall–Kier alpha value is -1.58. The average Bonchev–Trinajstić information content (AvgIpc) is 2.75. The highest BCUT2D eigenvalue weighted by molar-refractivity contribution is 5.22. The lowest BCUT2D eigenvalue weighted by Crippen LogP contribution is -2.12. The molecule has 0 atom stereocenters. The molecule has 0 radical (unpaired) electrons. The molecule has 90 valence electrons. The van der Waals surface area contributed by atoms with Crippen molar-refractivity contribution in [2.75, 3.05) is 0 Å². The number of rotatable bonds is 5. The molecule has 17 heavy (non-hydrogen) atoms. The molecule has 0 spiro atoms. The minimum atomic E-state index is 0.0885. The Morgan fingerprint density at radius 3 is 2.65 bits per heavy atom. The van der Waals surface area contributed by atoms with Gasteiger partial charge in [0.05, 0.1) is 13.2 Å². The van der Waals surface area contributed by atoms with Crippen LogP contribution in [0.25, 0.3) is 0 Å². The van der Waals surface area contributed by atoms with E-state index in [0.29, 0.717) is 0 Å². The summed E-state index contributed by atoms with van der Waals surface area (Å²) in [4.78, 5) is 0. The summed E-state index contributed by atoms with van der Waals surface area (Å²) < 4.78 is 5.46. The minimum Gasteiger partial charge on any atom is -0.465 e. The first-order chi connectivity index (χ1) is 8.28. The van der Waals surface area contributed by atoms with Crippen LogP contribution in [0.2, 0.25) is 0 Å². The van der Waals surface area contributed by atoms with Gasteiger partial charge in [-0.2, -0.15) is 0 Å². The number of benzene rings is 1. The Morgan fingerprint density at radius 2 is 1.94 bits per heavy atom. The number of aryl methyl sites for hydroxylation is 1. The first-order valence-electron chi connectivity index (χ1n) is 5.72. The summed E-state index contributed by atoms with van der Waals surface area (Å²) in [6, 6.07) is 11.9. The molecule has 0 amide bonds. The summed E-state index contributed by atoms with van der Waals surface area (Å²) in [5.74, 6) is 1.88. The van der Waals surface area contributed by atoms with Crippen LogP contribution in [0.15, 0.2) is 40.8 Å². The largest absolute Gasteiger partial charge is 0.465 e. The monoisotopic (exact) mass is 231 g/mol. The lowest BCUT2D eigenvalue weighted by atomic mass is 10.1. The van der Waals surface area contributed by atoms with E-state index < -0.39 is 0 Å². The Kier molecular flexibility index (Phi) is 3.96. The fraction of sp³-hybridized carbons (Fsp3) is 0.286. The van der Waals surface area contributed by atoms with Crippen molar-refractivity contribution in [1.29, 1.82) is 0 Å². The Bertz CT molecular complexity index is 477. The average molecular weight is 231 g/mol. The van der Waals surface area contributed by atoms with Gasteiger partial charge < -0.3 is 14.8 Å². The molecular weight excluding hydrogens is 214 g/mol. The van der Waals surface area contributed by atoms with E-state index in [1.165, 1.54) is 5.56 Å². The van der Waals surface area contributed by atoms with Crippen molar-refractivity contribution >= 4 is 0 Å². The van der Waals surface area contributed by atoms with E-state index >= 15 is 0 Å². The number of furan rings is 1. The Labute approximate surface area is 101 Å². The Morgan fingerprint density at radius 1 is 1.12 bits per heavy atom. The van der Waals surface area contributed by atoms with Crippen molar-refractivity contribution in [3.63, 3.8) is 0 Å². The molecule has 0 saturated heterocycles. The van der Waals surface area contributed by atoms with Gasteiger partial charge >= 0.3 is 0 Å². The minimum absolute atomic E-state index is 0.0885. The van der Waals surface area contributed by atoms with Crippen LogP contribution in [0.1, 0.15) is 22.6 Å². The second-order valence-corrected chi connectivity index (χ2v) is 4.09. The molecule has 0 aliphatic heterocycles. The van der Waals surface area contributed by atoms with Gasteiger partial charge in [-0.25, -0.2) is 0 Å². The maximum Gasteiger partial charge on any atom is 0.117 e. The van der Waals surface area contributed by atoms with Gasteiger partial charge in [0.15, 0.2) is 0 Å². The van der Waals surface area contributed by atoms with Gasteiger partial charge in [-0.1, -0.05) is 24.3 Å². The van der Waals surface area contributed by atoms with Gasteiger partial charge in [-0.3, -0.25) is 0 Å². The molecule has 2 rings (SSSR count). The van der Waals surface area contributed by atoms with Gasteiger partial charge in [0.25, 0.3) is 0 Å². The molecule has 0 saturated carbocycles. The van der Waals surface area contributed by atoms with Crippen LogP contribution in [0.3, 0.4) is 0 Å². The van der Waals surface area contributed by atoms with Crippen molar-refractivity contribution in [3.8, 4) is 0 Å². The van der Waals surface area contributed by atoms with E-state index in [0.717, 1.165) is 30.2 Å². The number of nitrogens with one attached hydrogen (secondary N) is 1. The molecule has 0 aliphatic carbocycles. The molecule has 0 aliphatic rings. The van der Waals surface area contributed by atoms with Crippen molar-refractivity contribution in [2.24, 2.45) is 0 Å². The maximum absolute atomic E-state index is 9.03. The van der Waals surface area contributed by atoms with Crippen molar-refractivity contribution < 1.29 is 9.52 Å². The third-order valence-electron chi connectivity index (χ3n) is 2.60. The summed E-state index contributed by atoms with van der Waals surface area (Å²) in [5.41, 5.74) is 2.11. The Balaban J connectivity index is 1.85. The number of hydrogen-bond acceptors (Lipinski definition) is 3. The third kappa shape index (κ3) is 3.44. The van der Waals surface area contributed by atoms with Crippen molar-refractivity contribution in [3.05, 3.63) is 59.0 Å². The van der Waals surface area contributed by atoms with Gasteiger partial charge in [-0.05, 0) is 30.2 Å². The molecule has 2 N–H and O–H groups in total. The quantitative estimate of drug-likeness (QED) is 0.830. The second kappa shape index (κ2) is 5.66. The highest BCUT2D eigenvalue weighted by atomic mass is 16.3. The van der Waals surface area contributed by atoms with Crippen LogP contribution >= 0.6 is 0 Å². The molecule has 0 fully saturated rings. The normalized spacial score (nSPS) is 10.7. The van der Waals surface area contributed by atoms with Gasteiger partial charge in [0.2, 0.25) is 0 Å². The van der Waals surface area contributed by atoms with E-state index in [1.807, 2.05) is 43.3 Å². The topological polar surface area (TPSA) is 45.4 Å².